The van der Waals surface area contributed by atoms with Crippen LogP contribution < -0.4 is 5.32 Å². The van der Waals surface area contributed by atoms with Gasteiger partial charge >= 0.3 is 0 Å². The van der Waals surface area contributed by atoms with E-state index in [1.54, 1.807) is 36.5 Å². The Hall–Kier alpha value is -1.79. The molecule has 1 N–H and O–H groups in total. The van der Waals surface area contributed by atoms with Gasteiger partial charge < -0.3 is 9.88 Å². The van der Waals surface area contributed by atoms with Gasteiger partial charge in [0.25, 0.3) is 0 Å². The van der Waals surface area contributed by atoms with Gasteiger partial charge in [-0.15, -0.1) is 0 Å². The van der Waals surface area contributed by atoms with Crippen molar-refractivity contribution in [3.63, 3.8) is 0 Å². The van der Waals surface area contributed by atoms with Crippen molar-refractivity contribution in [2.24, 2.45) is 5.92 Å². The summed E-state index contributed by atoms with van der Waals surface area (Å²) in [7, 11) is -3.52. The zero-order chi connectivity index (χ0) is 21.1. The molecule has 1 aliphatic rings. The van der Waals surface area contributed by atoms with Crippen molar-refractivity contribution >= 4 is 50.0 Å². The zero-order valence-corrected chi connectivity index (χ0v) is 18.8. The number of rotatable bonds is 6. The Labute approximate surface area is 187 Å². The lowest BCUT2D eigenvalue weighted by atomic mass is 9.98. The molecule has 1 aromatic heterocycles. The van der Waals surface area contributed by atoms with Crippen LogP contribution in [0, 0.1) is 5.92 Å². The third kappa shape index (κ3) is 4.92. The van der Waals surface area contributed by atoms with Crippen molar-refractivity contribution < 1.29 is 8.42 Å². The van der Waals surface area contributed by atoms with E-state index in [1.165, 1.54) is 0 Å². The van der Waals surface area contributed by atoms with Crippen LogP contribution in [-0.4, -0.2) is 31.8 Å². The van der Waals surface area contributed by atoms with E-state index in [9.17, 15) is 8.42 Å². The molecule has 1 aliphatic heterocycles. The summed E-state index contributed by atoms with van der Waals surface area (Å²) in [5.74, 6) is 0.453. The topological polar surface area (TPSA) is 51.1 Å². The highest BCUT2D eigenvalue weighted by molar-refractivity contribution is 7.91. The number of sulfone groups is 1. The number of aromatic nitrogens is 1. The van der Waals surface area contributed by atoms with Crippen molar-refractivity contribution in [1.29, 1.82) is 0 Å². The Morgan fingerprint density at radius 1 is 1.07 bits per heavy atom. The predicted molar refractivity (Wildman–Crippen MR) is 125 cm³/mol. The Bertz CT molecular complexity index is 1180. The maximum Gasteiger partial charge on any atom is 0.184 e. The van der Waals surface area contributed by atoms with Crippen LogP contribution in [0.15, 0.2) is 59.6 Å². The molecular weight excluding hydrogens is 439 g/mol. The monoisotopic (exact) mass is 462 g/mol. The van der Waals surface area contributed by atoms with Gasteiger partial charge in [-0.2, -0.15) is 0 Å². The SMILES string of the molecule is O=S(=O)(CC=Cc1cccc(Cl)c1)c1cn(CC2CCNCC2)c2ccc(Cl)cc12. The Kier molecular flexibility index (Phi) is 6.54. The molecule has 7 heteroatoms. The normalized spacial score (nSPS) is 15.9. The number of piperidine rings is 1. The smallest absolute Gasteiger partial charge is 0.184 e. The lowest BCUT2D eigenvalue weighted by molar-refractivity contribution is 0.336. The first-order valence-corrected chi connectivity index (χ1v) is 12.5. The van der Waals surface area contributed by atoms with E-state index < -0.39 is 9.84 Å². The van der Waals surface area contributed by atoms with Crippen LogP contribution >= 0.6 is 23.2 Å². The summed E-state index contributed by atoms with van der Waals surface area (Å²) in [6.45, 7) is 2.83. The summed E-state index contributed by atoms with van der Waals surface area (Å²) in [5.41, 5.74) is 1.78. The predicted octanol–water partition coefficient (Wildman–Crippen LogP) is 5.43. The minimum atomic E-state index is -3.52. The molecule has 2 heterocycles. The zero-order valence-electron chi connectivity index (χ0n) is 16.5. The summed E-state index contributed by atoms with van der Waals surface area (Å²) in [5, 5.41) is 5.22. The van der Waals surface area contributed by atoms with E-state index in [-0.39, 0.29) is 5.75 Å². The fourth-order valence-electron chi connectivity index (χ4n) is 3.99. The molecule has 0 saturated carbocycles. The standard InChI is InChI=1S/C23H24Cl2N2O2S/c24-19-5-1-3-17(13-19)4-2-12-30(28,29)23-16-27(15-18-8-10-26-11-9-18)22-7-6-20(25)14-21(22)23/h1-7,13-14,16,18,26H,8-12,15H2. The second-order valence-electron chi connectivity index (χ2n) is 7.74. The Morgan fingerprint density at radius 3 is 2.60 bits per heavy atom. The fraction of sp³-hybridized carbons (Fsp3) is 0.304. The van der Waals surface area contributed by atoms with Crippen LogP contribution in [0.5, 0.6) is 0 Å². The first kappa shape index (κ1) is 21.4. The second kappa shape index (κ2) is 9.15. The van der Waals surface area contributed by atoms with Crippen molar-refractivity contribution in [3.05, 3.63) is 70.3 Å². The van der Waals surface area contributed by atoms with Crippen LogP contribution in [-0.2, 0) is 16.4 Å². The molecular formula is C23H24Cl2N2O2S. The van der Waals surface area contributed by atoms with Gasteiger partial charge in [0, 0.05) is 33.7 Å². The number of hydrogen-bond donors (Lipinski definition) is 1. The van der Waals surface area contributed by atoms with Gasteiger partial charge in [-0.05, 0) is 67.7 Å². The molecule has 1 fully saturated rings. The van der Waals surface area contributed by atoms with Crippen LogP contribution in [0.3, 0.4) is 0 Å². The highest BCUT2D eigenvalue weighted by Crippen LogP contribution is 2.30. The number of fused-ring (bicyclic) bond motifs is 1. The lowest BCUT2D eigenvalue weighted by Crippen LogP contribution is -2.29. The minimum Gasteiger partial charge on any atom is -0.346 e. The van der Waals surface area contributed by atoms with Gasteiger partial charge in [0.05, 0.1) is 10.6 Å². The molecule has 1 saturated heterocycles. The van der Waals surface area contributed by atoms with Crippen LogP contribution in [0.4, 0.5) is 0 Å². The number of halogens is 2. The summed E-state index contributed by atoms with van der Waals surface area (Å²) in [4.78, 5) is 0.338. The highest BCUT2D eigenvalue weighted by atomic mass is 35.5. The average molecular weight is 463 g/mol. The molecule has 2 aromatic carbocycles. The maximum atomic E-state index is 13.2. The third-order valence-electron chi connectivity index (χ3n) is 5.53. The quantitative estimate of drug-likeness (QED) is 0.530. The number of nitrogens with zero attached hydrogens (tertiary/aromatic N) is 1. The second-order valence-corrected chi connectivity index (χ2v) is 10.6. The molecule has 0 atom stereocenters. The number of benzene rings is 2. The lowest BCUT2D eigenvalue weighted by Gasteiger charge is -2.23. The first-order valence-electron chi connectivity index (χ1n) is 10.1. The van der Waals surface area contributed by atoms with Crippen molar-refractivity contribution in [2.45, 2.75) is 24.3 Å². The molecule has 0 aliphatic carbocycles. The van der Waals surface area contributed by atoms with E-state index >= 15 is 0 Å². The van der Waals surface area contributed by atoms with Gasteiger partial charge in [-0.1, -0.05) is 47.5 Å². The summed E-state index contributed by atoms with van der Waals surface area (Å²) >= 11 is 12.2. The minimum absolute atomic E-state index is 0.0848. The molecule has 4 rings (SSSR count). The van der Waals surface area contributed by atoms with Crippen LogP contribution in [0.2, 0.25) is 10.0 Å². The van der Waals surface area contributed by atoms with Crippen molar-refractivity contribution in [3.8, 4) is 0 Å². The third-order valence-corrected chi connectivity index (χ3v) is 7.63. The van der Waals surface area contributed by atoms with Crippen LogP contribution in [0.25, 0.3) is 17.0 Å². The van der Waals surface area contributed by atoms with E-state index in [0.717, 1.165) is 43.6 Å². The average Bonchev–Trinajstić information content (AvgIpc) is 3.07. The van der Waals surface area contributed by atoms with Crippen molar-refractivity contribution in [1.82, 2.24) is 9.88 Å². The fourth-order valence-corrected chi connectivity index (χ4v) is 5.68. The van der Waals surface area contributed by atoms with Gasteiger partial charge in [0.1, 0.15) is 0 Å². The summed E-state index contributed by atoms with van der Waals surface area (Å²) in [6.07, 6.45) is 7.42. The van der Waals surface area contributed by atoms with Gasteiger partial charge in [0.2, 0.25) is 0 Å². The molecule has 30 heavy (non-hydrogen) atoms. The summed E-state index contributed by atoms with van der Waals surface area (Å²) in [6, 6.07) is 12.8. The number of hydrogen-bond acceptors (Lipinski definition) is 3. The molecule has 0 unspecified atom stereocenters. The van der Waals surface area contributed by atoms with Gasteiger partial charge in [-0.25, -0.2) is 8.42 Å². The van der Waals surface area contributed by atoms with E-state index in [1.807, 2.05) is 24.3 Å². The summed E-state index contributed by atoms with van der Waals surface area (Å²) < 4.78 is 28.4. The molecule has 3 aromatic rings. The molecule has 0 bridgehead atoms. The van der Waals surface area contributed by atoms with E-state index in [4.69, 9.17) is 23.2 Å². The number of nitrogens with one attached hydrogen (secondary N) is 1. The maximum absolute atomic E-state index is 13.2. The first-order chi connectivity index (χ1) is 14.4. The van der Waals surface area contributed by atoms with E-state index in [0.29, 0.717) is 26.2 Å². The molecule has 4 nitrogen and oxygen atoms in total. The van der Waals surface area contributed by atoms with Crippen molar-refractivity contribution in [2.75, 3.05) is 18.8 Å². The van der Waals surface area contributed by atoms with Gasteiger partial charge in [-0.3, -0.25) is 0 Å². The largest absolute Gasteiger partial charge is 0.346 e. The Morgan fingerprint density at radius 2 is 1.83 bits per heavy atom. The Balaban J connectivity index is 1.63. The highest BCUT2D eigenvalue weighted by Gasteiger charge is 2.22. The molecule has 0 radical (unpaired) electrons. The molecule has 158 valence electrons. The molecule has 0 amide bonds. The molecule has 0 spiro atoms. The van der Waals surface area contributed by atoms with E-state index in [2.05, 4.69) is 9.88 Å². The van der Waals surface area contributed by atoms with Gasteiger partial charge in [0.15, 0.2) is 9.84 Å². The van der Waals surface area contributed by atoms with Crippen LogP contribution in [0.1, 0.15) is 18.4 Å².